The van der Waals surface area contributed by atoms with Crippen molar-refractivity contribution in [2.75, 3.05) is 18.5 Å². The van der Waals surface area contributed by atoms with E-state index in [4.69, 9.17) is 0 Å². The molecule has 1 heterocycles. The van der Waals surface area contributed by atoms with Gasteiger partial charge >= 0.3 is 6.03 Å². The Balaban J connectivity index is 2.76. The first-order valence-electron chi connectivity index (χ1n) is 5.05. The molecule has 1 aromatic heterocycles. The Morgan fingerprint density at radius 1 is 1.53 bits per heavy atom. The number of rotatable bonds is 4. The van der Waals surface area contributed by atoms with Crippen LogP contribution < -0.4 is 10.2 Å². The second kappa shape index (κ2) is 5.95. The highest BCUT2D eigenvalue weighted by atomic mass is 16.2. The second-order valence-corrected chi connectivity index (χ2v) is 3.16. The van der Waals surface area contributed by atoms with E-state index in [1.165, 1.54) is 0 Å². The minimum Gasteiger partial charge on any atom is -0.341 e. The van der Waals surface area contributed by atoms with Crippen molar-refractivity contribution in [1.82, 2.24) is 15.5 Å². The smallest absolute Gasteiger partial charge is 0.321 e. The number of nitrogens with zero attached hydrogens (tertiary/aromatic N) is 3. The summed E-state index contributed by atoms with van der Waals surface area (Å²) < 4.78 is 0. The van der Waals surface area contributed by atoms with Gasteiger partial charge in [-0.2, -0.15) is 10.2 Å². The van der Waals surface area contributed by atoms with Crippen molar-refractivity contribution in [2.24, 2.45) is 0 Å². The summed E-state index contributed by atoms with van der Waals surface area (Å²) in [5, 5.41) is 10.1. The van der Waals surface area contributed by atoms with Crippen LogP contribution >= 0.6 is 0 Å². The van der Waals surface area contributed by atoms with Crippen LogP contribution in [-0.2, 0) is 0 Å². The van der Waals surface area contributed by atoms with Gasteiger partial charge in [0.25, 0.3) is 0 Å². The summed E-state index contributed by atoms with van der Waals surface area (Å²) >= 11 is 0. The average molecular weight is 208 g/mol. The summed E-state index contributed by atoms with van der Waals surface area (Å²) in [7, 11) is 1.62. The molecule has 0 aliphatic rings. The van der Waals surface area contributed by atoms with Gasteiger partial charge in [-0.3, -0.25) is 4.90 Å². The third-order valence-corrected chi connectivity index (χ3v) is 2.07. The number of anilines is 1. The zero-order valence-electron chi connectivity index (χ0n) is 9.10. The van der Waals surface area contributed by atoms with Crippen molar-refractivity contribution >= 4 is 11.7 Å². The van der Waals surface area contributed by atoms with Crippen molar-refractivity contribution in [3.8, 4) is 0 Å². The lowest BCUT2D eigenvalue weighted by Gasteiger charge is -2.21. The third-order valence-electron chi connectivity index (χ3n) is 2.07. The van der Waals surface area contributed by atoms with E-state index < -0.39 is 0 Å². The Hall–Kier alpha value is -1.65. The van der Waals surface area contributed by atoms with E-state index >= 15 is 0 Å². The molecule has 0 aliphatic heterocycles. The Kier molecular flexibility index (Phi) is 4.53. The van der Waals surface area contributed by atoms with Crippen LogP contribution in [0, 0.1) is 0 Å². The van der Waals surface area contributed by atoms with E-state index in [9.17, 15) is 4.79 Å². The zero-order chi connectivity index (χ0) is 11.1. The normalized spacial score (nSPS) is 9.73. The fourth-order valence-corrected chi connectivity index (χ4v) is 1.24. The molecule has 0 bridgehead atoms. The summed E-state index contributed by atoms with van der Waals surface area (Å²) in [4.78, 5) is 13.2. The lowest BCUT2D eigenvalue weighted by Crippen LogP contribution is -2.38. The molecule has 1 aromatic rings. The van der Waals surface area contributed by atoms with Gasteiger partial charge in [-0.15, -0.1) is 0 Å². The highest BCUT2D eigenvalue weighted by molar-refractivity contribution is 5.91. The lowest BCUT2D eigenvalue weighted by molar-refractivity contribution is 0.248. The van der Waals surface area contributed by atoms with Crippen molar-refractivity contribution in [2.45, 2.75) is 19.8 Å². The molecule has 5 nitrogen and oxygen atoms in total. The number of unbranched alkanes of at least 4 members (excludes halogenated alkanes) is 1. The zero-order valence-corrected chi connectivity index (χ0v) is 9.10. The molecule has 1 rings (SSSR count). The summed E-state index contributed by atoms with van der Waals surface area (Å²) in [5.74, 6) is 0. The van der Waals surface area contributed by atoms with Crippen molar-refractivity contribution < 1.29 is 4.79 Å². The summed E-state index contributed by atoms with van der Waals surface area (Å²) in [6.45, 7) is 2.79. The van der Waals surface area contributed by atoms with Crippen molar-refractivity contribution in [1.29, 1.82) is 0 Å². The van der Waals surface area contributed by atoms with Crippen LogP contribution in [-0.4, -0.2) is 29.8 Å². The number of carbonyl (C=O) groups is 1. The second-order valence-electron chi connectivity index (χ2n) is 3.16. The molecule has 0 saturated carbocycles. The monoisotopic (exact) mass is 208 g/mol. The lowest BCUT2D eigenvalue weighted by atomic mass is 10.3. The van der Waals surface area contributed by atoms with Gasteiger partial charge in [0.2, 0.25) is 0 Å². The molecule has 0 atom stereocenters. The number of hydrogen-bond donors (Lipinski definition) is 1. The van der Waals surface area contributed by atoms with Gasteiger partial charge in [-0.05, 0) is 12.5 Å². The Morgan fingerprint density at radius 2 is 2.33 bits per heavy atom. The molecule has 0 unspecified atom stereocenters. The van der Waals surface area contributed by atoms with E-state index in [1.807, 2.05) is 0 Å². The minimum absolute atomic E-state index is 0.114. The first-order chi connectivity index (χ1) is 7.29. The van der Waals surface area contributed by atoms with Gasteiger partial charge in [-0.1, -0.05) is 13.3 Å². The van der Waals surface area contributed by atoms with Gasteiger partial charge in [-0.25, -0.2) is 4.79 Å². The van der Waals surface area contributed by atoms with E-state index in [0.717, 1.165) is 18.5 Å². The summed E-state index contributed by atoms with van der Waals surface area (Å²) in [6.07, 6.45) is 5.18. The highest BCUT2D eigenvalue weighted by Crippen LogP contribution is 2.11. The Bertz CT molecular complexity index is 302. The molecule has 0 aromatic carbocycles. The van der Waals surface area contributed by atoms with Gasteiger partial charge in [0, 0.05) is 13.6 Å². The van der Waals surface area contributed by atoms with E-state index in [2.05, 4.69) is 22.4 Å². The molecule has 1 N–H and O–H groups in total. The maximum atomic E-state index is 11.6. The predicted molar refractivity (Wildman–Crippen MR) is 58.7 cm³/mol. The summed E-state index contributed by atoms with van der Waals surface area (Å²) in [6, 6.07) is 1.66. The standard InChI is InChI=1S/C10H16N4O/c1-3-4-7-14(10(15)11-2)9-5-6-12-13-8-9/h5-6,8H,3-4,7H2,1-2H3,(H,11,15). The molecule has 0 aliphatic carbocycles. The third kappa shape index (κ3) is 3.19. The van der Waals surface area contributed by atoms with Crippen LogP contribution in [0.2, 0.25) is 0 Å². The number of urea groups is 1. The van der Waals surface area contributed by atoms with E-state index in [-0.39, 0.29) is 6.03 Å². The molecule has 0 fully saturated rings. The van der Waals surface area contributed by atoms with Crippen molar-refractivity contribution in [3.63, 3.8) is 0 Å². The van der Waals surface area contributed by atoms with Gasteiger partial charge < -0.3 is 5.32 Å². The number of aromatic nitrogens is 2. The SMILES string of the molecule is CCCCN(C(=O)NC)c1ccnnc1. The van der Waals surface area contributed by atoms with Gasteiger partial charge in [0.1, 0.15) is 0 Å². The van der Waals surface area contributed by atoms with E-state index in [1.54, 1.807) is 30.4 Å². The Morgan fingerprint density at radius 3 is 2.87 bits per heavy atom. The molecular weight excluding hydrogens is 192 g/mol. The van der Waals surface area contributed by atoms with E-state index in [0.29, 0.717) is 6.54 Å². The van der Waals surface area contributed by atoms with Crippen LogP contribution in [0.5, 0.6) is 0 Å². The van der Waals surface area contributed by atoms with Crippen molar-refractivity contribution in [3.05, 3.63) is 18.5 Å². The van der Waals surface area contributed by atoms with Crippen LogP contribution in [0.4, 0.5) is 10.5 Å². The van der Waals surface area contributed by atoms with Crippen LogP contribution in [0.15, 0.2) is 18.5 Å². The first kappa shape index (κ1) is 11.4. The first-order valence-corrected chi connectivity index (χ1v) is 5.05. The van der Waals surface area contributed by atoms with Gasteiger partial charge in [0.05, 0.1) is 18.1 Å². The molecule has 15 heavy (non-hydrogen) atoms. The number of carbonyl (C=O) groups excluding carboxylic acids is 1. The predicted octanol–water partition coefficient (Wildman–Crippen LogP) is 1.42. The summed E-state index contributed by atoms with van der Waals surface area (Å²) in [5.41, 5.74) is 0.776. The van der Waals surface area contributed by atoms with Gasteiger partial charge in [0.15, 0.2) is 0 Å². The maximum absolute atomic E-state index is 11.6. The minimum atomic E-state index is -0.114. The van der Waals surface area contributed by atoms with Crippen LogP contribution in [0.1, 0.15) is 19.8 Å². The average Bonchev–Trinajstić information content (AvgIpc) is 2.30. The number of hydrogen-bond acceptors (Lipinski definition) is 3. The molecular formula is C10H16N4O. The Labute approximate surface area is 89.5 Å². The number of amides is 2. The topological polar surface area (TPSA) is 58.1 Å². The maximum Gasteiger partial charge on any atom is 0.321 e. The molecule has 5 heteroatoms. The molecule has 0 spiro atoms. The quantitative estimate of drug-likeness (QED) is 0.814. The largest absolute Gasteiger partial charge is 0.341 e. The molecule has 82 valence electrons. The fourth-order valence-electron chi connectivity index (χ4n) is 1.24. The highest BCUT2D eigenvalue weighted by Gasteiger charge is 2.13. The van der Waals surface area contributed by atoms with Crippen LogP contribution in [0.25, 0.3) is 0 Å². The molecule has 0 radical (unpaired) electrons. The fraction of sp³-hybridized carbons (Fsp3) is 0.500. The number of nitrogens with one attached hydrogen (secondary N) is 1. The van der Waals surface area contributed by atoms with Crippen LogP contribution in [0.3, 0.4) is 0 Å². The molecule has 2 amide bonds. The molecule has 0 saturated heterocycles.